The van der Waals surface area contributed by atoms with E-state index in [9.17, 15) is 18.7 Å². The van der Waals surface area contributed by atoms with E-state index in [1.807, 2.05) is 6.07 Å². The van der Waals surface area contributed by atoms with Gasteiger partial charge in [-0.15, -0.1) is 0 Å². The lowest BCUT2D eigenvalue weighted by Gasteiger charge is -2.42. The van der Waals surface area contributed by atoms with Crippen LogP contribution in [0.3, 0.4) is 0 Å². The Hall–Kier alpha value is -2.82. The first kappa shape index (κ1) is 19.0. The van der Waals surface area contributed by atoms with Gasteiger partial charge in [-0.2, -0.15) is 5.26 Å². The molecule has 27 heavy (non-hydrogen) atoms. The number of benzene rings is 2. The number of fused-ring (bicyclic) bond motifs is 1. The third-order valence-electron chi connectivity index (χ3n) is 4.60. The molecule has 0 saturated heterocycles. The van der Waals surface area contributed by atoms with Gasteiger partial charge in [-0.05, 0) is 50.2 Å². The number of aliphatic hydroxyl groups excluding tert-OH is 1. The topological polar surface area (TPSA) is 82.3 Å². The number of carbonyl (C=O) groups is 1. The molecule has 1 heterocycles. The lowest BCUT2D eigenvalue weighted by molar-refractivity contribution is -0.0640. The number of hydrogen-bond acceptors (Lipinski definition) is 5. The van der Waals surface area contributed by atoms with Crippen LogP contribution in [0.5, 0.6) is 5.75 Å². The fraction of sp³-hybridized carbons (Fsp3) is 0.300. The minimum Gasteiger partial charge on any atom is -0.485 e. The molecule has 0 fully saturated rings. The second-order valence-corrected chi connectivity index (χ2v) is 6.93. The zero-order chi connectivity index (χ0) is 19.8. The van der Waals surface area contributed by atoms with Crippen molar-refractivity contribution in [1.29, 1.82) is 5.26 Å². The van der Waals surface area contributed by atoms with Crippen molar-refractivity contribution < 1.29 is 23.4 Å². The number of nitrogens with zero attached hydrogens (tertiary/aromatic N) is 1. The van der Waals surface area contributed by atoms with E-state index in [1.165, 1.54) is 6.07 Å². The molecule has 7 heteroatoms. The summed E-state index contributed by atoms with van der Waals surface area (Å²) in [5, 5.41) is 22.8. The minimum absolute atomic E-state index is 0.0215. The van der Waals surface area contributed by atoms with Crippen molar-refractivity contribution in [3.63, 3.8) is 0 Å². The van der Waals surface area contributed by atoms with Gasteiger partial charge in [-0.3, -0.25) is 4.79 Å². The van der Waals surface area contributed by atoms with Gasteiger partial charge in [0.2, 0.25) is 0 Å². The number of nitrogens with one attached hydrogen (secondary N) is 1. The number of ether oxygens (including phenoxy) is 1. The SMILES string of the molecule is CC1(C)Oc2ccc(C#N)cc2[C@@H](NCC(=O)c2ccc(F)c(F)c2)[C@@H]1O. The molecule has 0 bridgehead atoms. The lowest BCUT2D eigenvalue weighted by Crippen LogP contribution is -2.53. The highest BCUT2D eigenvalue weighted by Crippen LogP contribution is 2.40. The van der Waals surface area contributed by atoms with Crippen molar-refractivity contribution in [2.75, 3.05) is 6.54 Å². The predicted octanol–water partition coefficient (Wildman–Crippen LogP) is 2.88. The Bertz CT molecular complexity index is 937. The third-order valence-corrected chi connectivity index (χ3v) is 4.60. The number of carbonyl (C=O) groups excluding carboxylic acids is 1. The zero-order valence-electron chi connectivity index (χ0n) is 14.8. The molecule has 2 aromatic carbocycles. The quantitative estimate of drug-likeness (QED) is 0.807. The van der Waals surface area contributed by atoms with Gasteiger partial charge in [-0.25, -0.2) is 8.78 Å². The number of ketones is 1. The Labute approximate surface area is 155 Å². The molecular formula is C20H18F2N2O3. The highest BCUT2D eigenvalue weighted by Gasteiger charge is 2.43. The molecule has 2 atom stereocenters. The average Bonchev–Trinajstić information content (AvgIpc) is 2.63. The van der Waals surface area contributed by atoms with E-state index < -0.39 is 35.2 Å². The molecule has 2 N–H and O–H groups in total. The molecule has 0 aliphatic carbocycles. The fourth-order valence-corrected chi connectivity index (χ4v) is 3.07. The molecule has 1 aliphatic heterocycles. The molecule has 0 spiro atoms. The summed E-state index contributed by atoms with van der Waals surface area (Å²) in [6.45, 7) is 3.22. The molecule has 0 aromatic heterocycles. The van der Waals surface area contributed by atoms with Gasteiger partial charge in [-0.1, -0.05) is 0 Å². The summed E-state index contributed by atoms with van der Waals surface area (Å²) in [6.07, 6.45) is -1.00. The maximum absolute atomic E-state index is 13.3. The van der Waals surface area contributed by atoms with Crippen LogP contribution < -0.4 is 10.1 Å². The summed E-state index contributed by atoms with van der Waals surface area (Å²) >= 11 is 0. The molecule has 2 aromatic rings. The average molecular weight is 372 g/mol. The number of aliphatic hydroxyl groups is 1. The summed E-state index contributed by atoms with van der Waals surface area (Å²) in [4.78, 5) is 12.3. The second-order valence-electron chi connectivity index (χ2n) is 6.93. The highest BCUT2D eigenvalue weighted by atomic mass is 19.2. The molecule has 0 saturated carbocycles. The maximum atomic E-state index is 13.3. The maximum Gasteiger partial charge on any atom is 0.176 e. The Kier molecular flexibility index (Phi) is 4.96. The lowest BCUT2D eigenvalue weighted by atomic mass is 9.86. The molecule has 140 valence electrons. The number of Topliss-reactive ketones (excluding diaryl/α,β-unsaturated/α-hetero) is 1. The van der Waals surface area contributed by atoms with Crippen LogP contribution in [0.2, 0.25) is 0 Å². The van der Waals surface area contributed by atoms with Crippen molar-refractivity contribution in [3.05, 3.63) is 64.7 Å². The molecule has 0 radical (unpaired) electrons. The molecule has 5 nitrogen and oxygen atoms in total. The minimum atomic E-state index is -1.10. The van der Waals surface area contributed by atoms with Gasteiger partial charge in [0.25, 0.3) is 0 Å². The highest BCUT2D eigenvalue weighted by molar-refractivity contribution is 5.97. The van der Waals surface area contributed by atoms with Crippen molar-refractivity contribution in [2.24, 2.45) is 0 Å². The number of hydrogen-bond donors (Lipinski definition) is 2. The Morgan fingerprint density at radius 2 is 2.00 bits per heavy atom. The third kappa shape index (κ3) is 3.68. The summed E-state index contributed by atoms with van der Waals surface area (Å²) < 4.78 is 32.2. The van der Waals surface area contributed by atoms with Crippen molar-refractivity contribution in [3.8, 4) is 11.8 Å². The molecule has 1 aliphatic rings. The van der Waals surface area contributed by atoms with Gasteiger partial charge in [0.1, 0.15) is 17.5 Å². The number of nitriles is 1. The molecule has 0 amide bonds. The Balaban J connectivity index is 1.85. The van der Waals surface area contributed by atoms with Crippen LogP contribution in [0.15, 0.2) is 36.4 Å². The number of halogens is 2. The standard InChI is InChI=1S/C20H18F2N2O3/c1-20(2)19(26)18(13-7-11(9-23)3-6-17(13)27-20)24-10-16(25)12-4-5-14(21)15(22)8-12/h3-8,18-19,24,26H,10H2,1-2H3/t18-,19+/m1/s1. The molecule has 3 rings (SSSR count). The predicted molar refractivity (Wildman–Crippen MR) is 93.3 cm³/mol. The van der Waals surface area contributed by atoms with Crippen LogP contribution in [0.25, 0.3) is 0 Å². The first-order valence-corrected chi connectivity index (χ1v) is 8.35. The van der Waals surface area contributed by atoms with E-state index in [-0.39, 0.29) is 12.1 Å². The van der Waals surface area contributed by atoms with Gasteiger partial charge in [0.15, 0.2) is 17.4 Å². The molecule has 0 unspecified atom stereocenters. The Morgan fingerprint density at radius 1 is 1.26 bits per heavy atom. The first-order chi connectivity index (χ1) is 12.7. The van der Waals surface area contributed by atoms with Crippen LogP contribution in [0.4, 0.5) is 8.78 Å². The monoisotopic (exact) mass is 372 g/mol. The van der Waals surface area contributed by atoms with Crippen LogP contribution in [0, 0.1) is 23.0 Å². The van der Waals surface area contributed by atoms with E-state index in [4.69, 9.17) is 10.00 Å². The smallest absolute Gasteiger partial charge is 0.176 e. The summed E-state index contributed by atoms with van der Waals surface area (Å²) in [5.74, 6) is -2.08. The van der Waals surface area contributed by atoms with Gasteiger partial charge < -0.3 is 15.2 Å². The van der Waals surface area contributed by atoms with Crippen molar-refractivity contribution >= 4 is 5.78 Å². The largest absolute Gasteiger partial charge is 0.485 e. The summed E-state index contributed by atoms with van der Waals surface area (Å²) in [7, 11) is 0. The zero-order valence-corrected chi connectivity index (χ0v) is 14.8. The van der Waals surface area contributed by atoms with Gasteiger partial charge >= 0.3 is 0 Å². The first-order valence-electron chi connectivity index (χ1n) is 8.35. The van der Waals surface area contributed by atoms with E-state index in [2.05, 4.69) is 5.32 Å². The fourth-order valence-electron chi connectivity index (χ4n) is 3.07. The van der Waals surface area contributed by atoms with Crippen LogP contribution >= 0.6 is 0 Å². The Morgan fingerprint density at radius 3 is 2.67 bits per heavy atom. The summed E-state index contributed by atoms with van der Waals surface area (Å²) in [5.41, 5.74) is 0.0410. The second kappa shape index (κ2) is 7.06. The van der Waals surface area contributed by atoms with Crippen molar-refractivity contribution in [1.82, 2.24) is 5.32 Å². The number of rotatable bonds is 4. The van der Waals surface area contributed by atoms with Crippen LogP contribution in [0.1, 0.15) is 41.4 Å². The molecular weight excluding hydrogens is 354 g/mol. The van der Waals surface area contributed by atoms with Crippen LogP contribution in [-0.2, 0) is 0 Å². The van der Waals surface area contributed by atoms with E-state index >= 15 is 0 Å². The van der Waals surface area contributed by atoms with Gasteiger partial charge in [0, 0.05) is 11.1 Å². The van der Waals surface area contributed by atoms with Crippen molar-refractivity contribution in [2.45, 2.75) is 31.6 Å². The van der Waals surface area contributed by atoms with Gasteiger partial charge in [0.05, 0.1) is 24.2 Å². The van der Waals surface area contributed by atoms with Crippen LogP contribution in [-0.4, -0.2) is 29.1 Å². The van der Waals surface area contributed by atoms with E-state index in [0.29, 0.717) is 16.9 Å². The summed E-state index contributed by atoms with van der Waals surface area (Å²) in [6, 6.07) is 9.13. The van der Waals surface area contributed by atoms with E-state index in [1.54, 1.807) is 32.0 Å². The van der Waals surface area contributed by atoms with E-state index in [0.717, 1.165) is 12.1 Å². The normalized spacial score (nSPS) is 20.3.